The Labute approximate surface area is 102 Å². The molecule has 2 aromatic rings. The fourth-order valence-electron chi connectivity index (χ4n) is 1.18. The first-order valence-corrected chi connectivity index (χ1v) is 5.96. The Bertz CT molecular complexity index is 455. The first-order valence-electron chi connectivity index (χ1n) is 4.70. The number of hydrogen-bond acceptors (Lipinski definition) is 4. The number of aromatic nitrogens is 1. The Balaban J connectivity index is 1.94. The van der Waals surface area contributed by atoms with Crippen LogP contribution in [0.2, 0.25) is 5.02 Å². The lowest BCUT2D eigenvalue weighted by Crippen LogP contribution is -1.96. The van der Waals surface area contributed by atoms with E-state index in [9.17, 15) is 0 Å². The summed E-state index contributed by atoms with van der Waals surface area (Å²) in [5, 5.41) is 12.1. The predicted molar refractivity (Wildman–Crippen MR) is 63.8 cm³/mol. The molecular formula is C11H10ClNO2S. The summed E-state index contributed by atoms with van der Waals surface area (Å²) in [7, 11) is 0. The van der Waals surface area contributed by atoms with Gasteiger partial charge < -0.3 is 9.84 Å². The van der Waals surface area contributed by atoms with Gasteiger partial charge in [-0.15, -0.1) is 11.3 Å². The second-order valence-corrected chi connectivity index (χ2v) is 4.51. The lowest BCUT2D eigenvalue weighted by molar-refractivity contribution is 0.277. The molecule has 0 bridgehead atoms. The molecule has 0 amide bonds. The number of nitrogens with zero attached hydrogens (tertiary/aromatic N) is 1. The van der Waals surface area contributed by atoms with Gasteiger partial charge in [0.2, 0.25) is 0 Å². The molecule has 0 saturated heterocycles. The maximum absolute atomic E-state index is 8.86. The molecular weight excluding hydrogens is 246 g/mol. The monoisotopic (exact) mass is 255 g/mol. The molecule has 2 rings (SSSR count). The summed E-state index contributed by atoms with van der Waals surface area (Å²) < 4.78 is 5.51. The Kier molecular flexibility index (Phi) is 3.77. The minimum Gasteiger partial charge on any atom is -0.487 e. The Morgan fingerprint density at radius 3 is 2.69 bits per heavy atom. The van der Waals surface area contributed by atoms with Crippen LogP contribution in [0.25, 0.3) is 0 Å². The van der Waals surface area contributed by atoms with Crippen LogP contribution in [0.1, 0.15) is 10.7 Å². The van der Waals surface area contributed by atoms with Gasteiger partial charge in [-0.25, -0.2) is 4.98 Å². The number of thiazole rings is 1. The van der Waals surface area contributed by atoms with Crippen LogP contribution < -0.4 is 4.74 Å². The van der Waals surface area contributed by atoms with Gasteiger partial charge in [0.25, 0.3) is 0 Å². The van der Waals surface area contributed by atoms with E-state index >= 15 is 0 Å². The zero-order valence-corrected chi connectivity index (χ0v) is 9.96. The molecule has 16 heavy (non-hydrogen) atoms. The fourth-order valence-corrected chi connectivity index (χ4v) is 1.94. The summed E-state index contributed by atoms with van der Waals surface area (Å²) >= 11 is 7.18. The van der Waals surface area contributed by atoms with Gasteiger partial charge in [-0.05, 0) is 24.3 Å². The van der Waals surface area contributed by atoms with Crippen molar-refractivity contribution in [3.8, 4) is 5.75 Å². The molecule has 0 unspecified atom stereocenters. The van der Waals surface area contributed by atoms with Gasteiger partial charge in [-0.3, -0.25) is 0 Å². The molecule has 0 atom stereocenters. The molecule has 1 N–H and O–H groups in total. The van der Waals surface area contributed by atoms with Gasteiger partial charge in [0.1, 0.15) is 17.4 Å². The maximum Gasteiger partial charge on any atom is 0.131 e. The molecule has 1 aromatic heterocycles. The number of rotatable bonds is 4. The Morgan fingerprint density at radius 2 is 2.06 bits per heavy atom. The number of hydrogen-bond donors (Lipinski definition) is 1. The van der Waals surface area contributed by atoms with Crippen LogP contribution in [0.15, 0.2) is 29.6 Å². The van der Waals surface area contributed by atoms with Gasteiger partial charge in [0.15, 0.2) is 0 Å². The first-order chi connectivity index (χ1) is 7.78. The van der Waals surface area contributed by atoms with Crippen LogP contribution >= 0.6 is 22.9 Å². The van der Waals surface area contributed by atoms with Gasteiger partial charge in [0, 0.05) is 10.4 Å². The van der Waals surface area contributed by atoms with E-state index in [0.717, 1.165) is 11.4 Å². The average molecular weight is 256 g/mol. The average Bonchev–Trinajstić information content (AvgIpc) is 2.76. The van der Waals surface area contributed by atoms with E-state index in [0.29, 0.717) is 16.6 Å². The lowest BCUT2D eigenvalue weighted by atomic mass is 10.3. The molecule has 0 aliphatic carbocycles. The number of aliphatic hydroxyl groups is 1. The summed E-state index contributed by atoms with van der Waals surface area (Å²) in [6.45, 7) is 0.379. The van der Waals surface area contributed by atoms with E-state index in [2.05, 4.69) is 4.98 Å². The topological polar surface area (TPSA) is 42.4 Å². The third-order valence-corrected chi connectivity index (χ3v) is 3.07. The molecule has 0 aliphatic rings. The van der Waals surface area contributed by atoms with E-state index in [4.69, 9.17) is 21.4 Å². The SMILES string of the molecule is OCc1nc(COc2ccc(Cl)cc2)cs1. The van der Waals surface area contributed by atoms with Crippen LogP contribution in [-0.2, 0) is 13.2 Å². The molecule has 5 heteroatoms. The van der Waals surface area contributed by atoms with Crippen molar-refractivity contribution in [2.75, 3.05) is 0 Å². The van der Waals surface area contributed by atoms with Crippen LogP contribution in [0, 0.1) is 0 Å². The minimum atomic E-state index is -0.0222. The summed E-state index contributed by atoms with van der Waals surface area (Å²) in [6, 6.07) is 7.16. The third-order valence-electron chi connectivity index (χ3n) is 1.93. The van der Waals surface area contributed by atoms with E-state index in [1.54, 1.807) is 12.1 Å². The molecule has 84 valence electrons. The Morgan fingerprint density at radius 1 is 1.31 bits per heavy atom. The fraction of sp³-hybridized carbons (Fsp3) is 0.182. The molecule has 0 spiro atoms. The quantitative estimate of drug-likeness (QED) is 0.914. The molecule has 0 fully saturated rings. The molecule has 1 aromatic carbocycles. The lowest BCUT2D eigenvalue weighted by Gasteiger charge is -2.03. The van der Waals surface area contributed by atoms with Crippen molar-refractivity contribution in [3.05, 3.63) is 45.4 Å². The van der Waals surface area contributed by atoms with E-state index in [1.165, 1.54) is 11.3 Å². The van der Waals surface area contributed by atoms with E-state index in [-0.39, 0.29) is 6.61 Å². The number of ether oxygens (including phenoxy) is 1. The molecule has 1 heterocycles. The highest BCUT2D eigenvalue weighted by atomic mass is 35.5. The van der Waals surface area contributed by atoms with Crippen molar-refractivity contribution >= 4 is 22.9 Å². The van der Waals surface area contributed by atoms with Crippen LogP contribution in [0.5, 0.6) is 5.75 Å². The number of halogens is 1. The van der Waals surface area contributed by atoms with Crippen molar-refractivity contribution in [2.24, 2.45) is 0 Å². The standard InChI is InChI=1S/C11H10ClNO2S/c12-8-1-3-10(4-2-8)15-6-9-7-16-11(5-14)13-9/h1-4,7,14H,5-6H2. The smallest absolute Gasteiger partial charge is 0.131 e. The second-order valence-electron chi connectivity index (χ2n) is 3.13. The van der Waals surface area contributed by atoms with Gasteiger partial charge in [0.05, 0.1) is 12.3 Å². The number of benzene rings is 1. The second kappa shape index (κ2) is 5.30. The summed E-state index contributed by atoms with van der Waals surface area (Å²) in [5.41, 5.74) is 0.823. The summed E-state index contributed by atoms with van der Waals surface area (Å²) in [5.74, 6) is 0.753. The minimum absolute atomic E-state index is 0.0222. The summed E-state index contributed by atoms with van der Waals surface area (Å²) in [4.78, 5) is 4.18. The van der Waals surface area contributed by atoms with Crippen molar-refractivity contribution in [2.45, 2.75) is 13.2 Å². The molecule has 0 aliphatic heterocycles. The Hall–Kier alpha value is -1.10. The zero-order valence-electron chi connectivity index (χ0n) is 8.39. The van der Waals surface area contributed by atoms with Gasteiger partial charge >= 0.3 is 0 Å². The highest BCUT2D eigenvalue weighted by Crippen LogP contribution is 2.17. The highest BCUT2D eigenvalue weighted by Gasteiger charge is 2.01. The summed E-state index contributed by atoms with van der Waals surface area (Å²) in [6.07, 6.45) is 0. The number of aliphatic hydroxyl groups excluding tert-OH is 1. The van der Waals surface area contributed by atoms with E-state index in [1.807, 2.05) is 17.5 Å². The van der Waals surface area contributed by atoms with Gasteiger partial charge in [-0.1, -0.05) is 11.6 Å². The van der Waals surface area contributed by atoms with Crippen molar-refractivity contribution in [1.82, 2.24) is 4.98 Å². The highest BCUT2D eigenvalue weighted by molar-refractivity contribution is 7.09. The normalized spacial score (nSPS) is 10.4. The molecule has 0 saturated carbocycles. The van der Waals surface area contributed by atoms with E-state index < -0.39 is 0 Å². The third kappa shape index (κ3) is 2.95. The first kappa shape index (κ1) is 11.4. The van der Waals surface area contributed by atoms with Crippen molar-refractivity contribution in [1.29, 1.82) is 0 Å². The largest absolute Gasteiger partial charge is 0.487 e. The van der Waals surface area contributed by atoms with Crippen LogP contribution in [-0.4, -0.2) is 10.1 Å². The van der Waals surface area contributed by atoms with Crippen LogP contribution in [0.3, 0.4) is 0 Å². The molecule has 3 nitrogen and oxygen atoms in total. The van der Waals surface area contributed by atoms with Crippen molar-refractivity contribution in [3.63, 3.8) is 0 Å². The van der Waals surface area contributed by atoms with Crippen molar-refractivity contribution < 1.29 is 9.84 Å². The van der Waals surface area contributed by atoms with Gasteiger partial charge in [-0.2, -0.15) is 0 Å². The van der Waals surface area contributed by atoms with Crippen LogP contribution in [0.4, 0.5) is 0 Å². The maximum atomic E-state index is 8.86. The molecule has 0 radical (unpaired) electrons. The predicted octanol–water partition coefficient (Wildman–Crippen LogP) is 2.87. The zero-order chi connectivity index (χ0) is 11.4.